The van der Waals surface area contributed by atoms with E-state index in [4.69, 9.17) is 9.47 Å². The highest BCUT2D eigenvalue weighted by Crippen LogP contribution is 2.34. The molecule has 0 saturated carbocycles. The van der Waals surface area contributed by atoms with Gasteiger partial charge in [0, 0.05) is 29.8 Å². The Labute approximate surface area is 137 Å². The largest absolute Gasteiger partial charge is 0.382 e. The molecule has 0 fully saturated rings. The maximum absolute atomic E-state index is 13.4. The van der Waals surface area contributed by atoms with E-state index in [1.54, 1.807) is 19.2 Å². The molecule has 2 nitrogen and oxygen atoms in total. The molecule has 1 aromatic carbocycles. The van der Waals surface area contributed by atoms with E-state index in [1.165, 1.54) is 6.07 Å². The summed E-state index contributed by atoms with van der Waals surface area (Å²) in [7, 11) is 1.66. The zero-order chi connectivity index (χ0) is 14.8. The lowest BCUT2D eigenvalue weighted by Gasteiger charge is -2.31. The van der Waals surface area contributed by atoms with Crippen molar-refractivity contribution in [2.45, 2.75) is 18.3 Å². The molecule has 0 aliphatic carbocycles. The molecule has 1 aromatic rings. The van der Waals surface area contributed by atoms with Crippen LogP contribution in [0.2, 0.25) is 0 Å². The van der Waals surface area contributed by atoms with Crippen molar-refractivity contribution >= 4 is 31.9 Å². The van der Waals surface area contributed by atoms with Gasteiger partial charge < -0.3 is 9.47 Å². The second kappa shape index (κ2) is 9.87. The Hall–Kier alpha value is 0.0300. The molecule has 0 aliphatic rings. The summed E-state index contributed by atoms with van der Waals surface area (Å²) in [6.45, 7) is 1.93. The van der Waals surface area contributed by atoms with Gasteiger partial charge in [-0.2, -0.15) is 0 Å². The first-order valence-electron chi connectivity index (χ1n) is 6.63. The standard InChI is InChI=1S/C15H21Br2FO2/c1-19-8-9-20-7-3-6-15(11-16,12-17)13-4-2-5-14(18)10-13/h2,4-5,10H,3,6-9,11-12H2,1H3. The van der Waals surface area contributed by atoms with Crippen molar-refractivity contribution < 1.29 is 13.9 Å². The van der Waals surface area contributed by atoms with Gasteiger partial charge in [0.2, 0.25) is 0 Å². The molecule has 0 heterocycles. The Kier molecular flexibility index (Phi) is 8.93. The average molecular weight is 412 g/mol. The van der Waals surface area contributed by atoms with Crippen molar-refractivity contribution in [3.63, 3.8) is 0 Å². The van der Waals surface area contributed by atoms with Crippen molar-refractivity contribution in [3.05, 3.63) is 35.6 Å². The first-order chi connectivity index (χ1) is 9.68. The van der Waals surface area contributed by atoms with E-state index in [1.807, 2.05) is 6.07 Å². The van der Waals surface area contributed by atoms with Gasteiger partial charge in [-0.15, -0.1) is 0 Å². The number of hydrogen-bond donors (Lipinski definition) is 0. The lowest BCUT2D eigenvalue weighted by Crippen LogP contribution is -2.30. The number of halogens is 3. The smallest absolute Gasteiger partial charge is 0.123 e. The summed E-state index contributed by atoms with van der Waals surface area (Å²) >= 11 is 7.15. The summed E-state index contributed by atoms with van der Waals surface area (Å²) in [5.74, 6) is -0.190. The Bertz CT molecular complexity index is 384. The summed E-state index contributed by atoms with van der Waals surface area (Å²) in [6, 6.07) is 6.84. The van der Waals surface area contributed by atoms with Gasteiger partial charge in [0.1, 0.15) is 5.82 Å². The Balaban J connectivity index is 2.58. The number of methoxy groups -OCH3 is 1. The van der Waals surface area contributed by atoms with Gasteiger partial charge in [0.25, 0.3) is 0 Å². The molecule has 0 aliphatic heterocycles. The molecule has 0 saturated heterocycles. The van der Waals surface area contributed by atoms with Crippen LogP contribution in [0.3, 0.4) is 0 Å². The molecule has 5 heteroatoms. The predicted molar refractivity (Wildman–Crippen MR) is 87.6 cm³/mol. The summed E-state index contributed by atoms with van der Waals surface area (Å²) in [5, 5.41) is 1.57. The van der Waals surface area contributed by atoms with E-state index < -0.39 is 0 Å². The van der Waals surface area contributed by atoms with Gasteiger partial charge in [0.05, 0.1) is 13.2 Å². The molecule has 0 atom stereocenters. The van der Waals surface area contributed by atoms with E-state index in [2.05, 4.69) is 31.9 Å². The highest BCUT2D eigenvalue weighted by atomic mass is 79.9. The van der Waals surface area contributed by atoms with Crippen molar-refractivity contribution in [1.29, 1.82) is 0 Å². The molecule has 1 rings (SSSR count). The number of benzene rings is 1. The summed E-state index contributed by atoms with van der Waals surface area (Å²) in [6.07, 6.45) is 1.86. The molecule has 114 valence electrons. The van der Waals surface area contributed by atoms with Gasteiger partial charge in [-0.25, -0.2) is 4.39 Å². The molecule has 0 N–H and O–H groups in total. The number of rotatable bonds is 10. The zero-order valence-corrected chi connectivity index (χ0v) is 14.9. The number of hydrogen-bond acceptors (Lipinski definition) is 2. The minimum absolute atomic E-state index is 0.104. The van der Waals surface area contributed by atoms with E-state index >= 15 is 0 Å². The van der Waals surface area contributed by atoms with Crippen LogP contribution in [0.4, 0.5) is 4.39 Å². The predicted octanol–water partition coefficient (Wildman–Crippen LogP) is 4.30. The van der Waals surface area contributed by atoms with E-state index in [0.717, 1.165) is 29.1 Å². The van der Waals surface area contributed by atoms with Crippen LogP contribution in [0.1, 0.15) is 18.4 Å². The highest BCUT2D eigenvalue weighted by molar-refractivity contribution is 9.09. The van der Waals surface area contributed by atoms with Crippen molar-refractivity contribution in [2.75, 3.05) is 37.6 Å². The first kappa shape index (κ1) is 18.1. The average Bonchev–Trinajstić information content (AvgIpc) is 2.47. The van der Waals surface area contributed by atoms with Crippen LogP contribution in [-0.4, -0.2) is 37.6 Å². The highest BCUT2D eigenvalue weighted by Gasteiger charge is 2.29. The van der Waals surface area contributed by atoms with Crippen LogP contribution in [-0.2, 0) is 14.9 Å². The van der Waals surface area contributed by atoms with Gasteiger partial charge in [-0.05, 0) is 30.5 Å². The van der Waals surface area contributed by atoms with Gasteiger partial charge in [0.15, 0.2) is 0 Å². The van der Waals surface area contributed by atoms with Gasteiger partial charge in [-0.1, -0.05) is 44.0 Å². The van der Waals surface area contributed by atoms with Crippen LogP contribution < -0.4 is 0 Å². The summed E-state index contributed by atoms with van der Waals surface area (Å²) in [4.78, 5) is 0. The van der Waals surface area contributed by atoms with Crippen LogP contribution >= 0.6 is 31.9 Å². The van der Waals surface area contributed by atoms with Gasteiger partial charge in [-0.3, -0.25) is 0 Å². The summed E-state index contributed by atoms with van der Waals surface area (Å²) < 4.78 is 23.8. The fourth-order valence-corrected chi connectivity index (χ4v) is 4.18. The zero-order valence-electron chi connectivity index (χ0n) is 11.7. The monoisotopic (exact) mass is 410 g/mol. The van der Waals surface area contributed by atoms with E-state index in [-0.39, 0.29) is 11.2 Å². The third-order valence-corrected chi connectivity index (χ3v) is 5.47. The molecule has 0 spiro atoms. The molecule has 20 heavy (non-hydrogen) atoms. The number of ether oxygens (including phenoxy) is 2. The first-order valence-corrected chi connectivity index (χ1v) is 8.87. The Morgan fingerprint density at radius 2 is 1.90 bits per heavy atom. The maximum Gasteiger partial charge on any atom is 0.123 e. The second-order valence-electron chi connectivity index (χ2n) is 4.77. The molecule has 0 aromatic heterocycles. The maximum atomic E-state index is 13.4. The third kappa shape index (κ3) is 5.43. The third-order valence-electron chi connectivity index (χ3n) is 3.32. The molecular formula is C15H21Br2FO2. The molecule has 0 bridgehead atoms. The second-order valence-corrected chi connectivity index (χ2v) is 5.89. The number of alkyl halides is 2. The SMILES string of the molecule is COCCOCCCC(CBr)(CBr)c1cccc(F)c1. The Morgan fingerprint density at radius 1 is 1.15 bits per heavy atom. The fraction of sp³-hybridized carbons (Fsp3) is 0.600. The van der Waals surface area contributed by atoms with E-state index in [0.29, 0.717) is 19.8 Å². The van der Waals surface area contributed by atoms with Crippen LogP contribution in [0.15, 0.2) is 24.3 Å². The minimum atomic E-state index is -0.190. The topological polar surface area (TPSA) is 18.5 Å². The molecule has 0 amide bonds. The molecule has 0 radical (unpaired) electrons. The summed E-state index contributed by atoms with van der Waals surface area (Å²) in [5.41, 5.74) is 0.912. The van der Waals surface area contributed by atoms with Gasteiger partial charge >= 0.3 is 0 Å². The van der Waals surface area contributed by atoms with Crippen LogP contribution in [0, 0.1) is 5.82 Å². The minimum Gasteiger partial charge on any atom is -0.382 e. The fourth-order valence-electron chi connectivity index (χ4n) is 2.04. The molecule has 0 unspecified atom stereocenters. The quantitative estimate of drug-likeness (QED) is 0.422. The van der Waals surface area contributed by atoms with Crippen molar-refractivity contribution in [3.8, 4) is 0 Å². The van der Waals surface area contributed by atoms with E-state index in [9.17, 15) is 4.39 Å². The lowest BCUT2D eigenvalue weighted by atomic mass is 9.80. The Morgan fingerprint density at radius 3 is 2.50 bits per heavy atom. The van der Waals surface area contributed by atoms with Crippen LogP contribution in [0.5, 0.6) is 0 Å². The van der Waals surface area contributed by atoms with Crippen molar-refractivity contribution in [2.24, 2.45) is 0 Å². The molecular weight excluding hydrogens is 391 g/mol. The van der Waals surface area contributed by atoms with Crippen LogP contribution in [0.25, 0.3) is 0 Å². The normalized spacial score (nSPS) is 11.8. The lowest BCUT2D eigenvalue weighted by molar-refractivity contribution is 0.0671. The van der Waals surface area contributed by atoms with Crippen molar-refractivity contribution in [1.82, 2.24) is 0 Å².